The smallest absolute Gasteiger partial charge is 0.258 e. The van der Waals surface area contributed by atoms with Crippen LogP contribution in [0.2, 0.25) is 10.0 Å². The Labute approximate surface area is 195 Å². The van der Waals surface area contributed by atoms with Gasteiger partial charge in [-0.15, -0.1) is 0 Å². The minimum atomic E-state index is -0.935. The topological polar surface area (TPSA) is 87.7 Å². The van der Waals surface area contributed by atoms with Gasteiger partial charge in [0.25, 0.3) is 5.91 Å². The highest BCUT2D eigenvalue weighted by Crippen LogP contribution is 2.67. The summed E-state index contributed by atoms with van der Waals surface area (Å²) >= 11 is 11.6. The summed E-state index contributed by atoms with van der Waals surface area (Å²) in [6.07, 6.45) is 1.57. The summed E-state index contributed by atoms with van der Waals surface area (Å²) in [5.74, 6) is -0.894. The second-order valence-corrected chi connectivity index (χ2v) is 9.80. The van der Waals surface area contributed by atoms with E-state index in [9.17, 15) is 19.1 Å². The number of ether oxygens (including phenoxy) is 1. The van der Waals surface area contributed by atoms with Gasteiger partial charge in [-0.05, 0) is 56.0 Å². The number of nitrogens with one attached hydrogen (secondary N) is 2. The molecule has 0 aromatic heterocycles. The molecule has 9 heteroatoms. The Morgan fingerprint density at radius 1 is 1.16 bits per heavy atom. The van der Waals surface area contributed by atoms with E-state index in [4.69, 9.17) is 27.9 Å². The average molecular weight is 481 g/mol. The minimum absolute atomic E-state index is 0.0207. The lowest BCUT2D eigenvalue weighted by molar-refractivity contribution is -0.186. The largest absolute Gasteiger partial charge is 0.484 e. The Hall–Kier alpha value is -2.35. The number of aliphatic hydroxyl groups is 1. The zero-order chi connectivity index (χ0) is 23.1. The third kappa shape index (κ3) is 4.17. The molecule has 3 aliphatic rings. The molecule has 3 saturated carbocycles. The quantitative estimate of drug-likeness (QED) is 0.538. The number of rotatable bonds is 8. The zero-order valence-corrected chi connectivity index (χ0v) is 18.9. The lowest BCUT2D eigenvalue weighted by Crippen LogP contribution is -2.79. The second kappa shape index (κ2) is 8.21. The number of halogens is 3. The number of amides is 2. The predicted molar refractivity (Wildman–Crippen MR) is 118 cm³/mol. The Bertz CT molecular complexity index is 1040. The van der Waals surface area contributed by atoms with E-state index in [0.29, 0.717) is 24.3 Å². The van der Waals surface area contributed by atoms with Gasteiger partial charge >= 0.3 is 0 Å². The molecule has 5 rings (SSSR count). The van der Waals surface area contributed by atoms with E-state index in [0.717, 1.165) is 11.6 Å². The normalized spacial score (nSPS) is 25.0. The number of aliphatic hydroxyl groups excluding tert-OH is 1. The molecule has 2 bridgehead atoms. The summed E-state index contributed by atoms with van der Waals surface area (Å²) in [7, 11) is 0. The lowest BCUT2D eigenvalue weighted by atomic mass is 9.39. The molecule has 0 unspecified atom stereocenters. The van der Waals surface area contributed by atoms with Gasteiger partial charge in [0.05, 0.1) is 22.6 Å². The van der Waals surface area contributed by atoms with E-state index in [-0.39, 0.29) is 35.8 Å². The van der Waals surface area contributed by atoms with Crippen molar-refractivity contribution in [2.45, 2.75) is 37.3 Å². The van der Waals surface area contributed by atoms with Gasteiger partial charge in [-0.3, -0.25) is 9.59 Å². The van der Waals surface area contributed by atoms with Crippen molar-refractivity contribution in [3.8, 4) is 5.75 Å². The van der Waals surface area contributed by atoms with Gasteiger partial charge in [-0.1, -0.05) is 35.3 Å². The molecule has 0 saturated heterocycles. The summed E-state index contributed by atoms with van der Waals surface area (Å²) in [5.41, 5.74) is -1.15. The van der Waals surface area contributed by atoms with E-state index >= 15 is 0 Å². The van der Waals surface area contributed by atoms with Gasteiger partial charge in [-0.25, -0.2) is 4.39 Å². The molecule has 0 heterocycles. The molecule has 32 heavy (non-hydrogen) atoms. The SMILES string of the molecule is C[C@](CO)(NC(=O)C12CC(NC(=O)COc3ccc(Cl)c(F)c3)(C1)C2)c1ccc(Cl)cc1. The van der Waals surface area contributed by atoms with Crippen molar-refractivity contribution in [1.82, 2.24) is 10.6 Å². The van der Waals surface area contributed by atoms with Crippen molar-refractivity contribution in [3.05, 3.63) is 63.9 Å². The van der Waals surface area contributed by atoms with Crippen molar-refractivity contribution in [3.63, 3.8) is 0 Å². The van der Waals surface area contributed by atoms with Gasteiger partial charge in [0.1, 0.15) is 11.6 Å². The maximum atomic E-state index is 13.5. The number of carbonyl (C=O) groups is 2. The Morgan fingerprint density at radius 3 is 2.41 bits per heavy atom. The van der Waals surface area contributed by atoms with Crippen LogP contribution >= 0.6 is 23.2 Å². The molecule has 0 aliphatic heterocycles. The van der Waals surface area contributed by atoms with Gasteiger partial charge in [0.15, 0.2) is 6.61 Å². The summed E-state index contributed by atoms with van der Waals surface area (Å²) in [4.78, 5) is 25.2. The first-order chi connectivity index (χ1) is 15.1. The number of benzene rings is 2. The second-order valence-electron chi connectivity index (χ2n) is 8.95. The fourth-order valence-electron chi connectivity index (χ4n) is 4.61. The van der Waals surface area contributed by atoms with Crippen LogP contribution in [0.4, 0.5) is 4.39 Å². The Morgan fingerprint density at radius 2 is 1.81 bits per heavy atom. The molecular weight excluding hydrogens is 458 g/mol. The van der Waals surface area contributed by atoms with Gasteiger partial charge < -0.3 is 20.5 Å². The van der Waals surface area contributed by atoms with Crippen molar-refractivity contribution in [2.75, 3.05) is 13.2 Å². The highest BCUT2D eigenvalue weighted by molar-refractivity contribution is 6.30. The monoisotopic (exact) mass is 480 g/mol. The number of hydrogen-bond donors (Lipinski definition) is 3. The van der Waals surface area contributed by atoms with Crippen molar-refractivity contribution in [2.24, 2.45) is 5.41 Å². The third-order valence-electron chi connectivity index (χ3n) is 6.36. The summed E-state index contributed by atoms with van der Waals surface area (Å²) in [6, 6.07) is 10.9. The summed E-state index contributed by atoms with van der Waals surface area (Å²) in [6.45, 7) is 1.23. The first-order valence-corrected chi connectivity index (χ1v) is 10.9. The Kier molecular flexibility index (Phi) is 5.86. The van der Waals surface area contributed by atoms with Crippen LogP contribution in [0.3, 0.4) is 0 Å². The molecule has 2 aromatic rings. The molecule has 3 aliphatic carbocycles. The molecule has 1 atom stereocenters. The predicted octanol–water partition coefficient (Wildman–Crippen LogP) is 3.57. The molecule has 3 N–H and O–H groups in total. The molecule has 3 fully saturated rings. The van der Waals surface area contributed by atoms with Crippen LogP contribution in [0.5, 0.6) is 5.75 Å². The van der Waals surface area contributed by atoms with E-state index in [1.165, 1.54) is 12.1 Å². The first-order valence-electron chi connectivity index (χ1n) is 10.2. The number of hydrogen-bond acceptors (Lipinski definition) is 4. The van der Waals surface area contributed by atoms with Gasteiger partial charge in [-0.2, -0.15) is 0 Å². The molecule has 2 amide bonds. The van der Waals surface area contributed by atoms with Crippen LogP contribution in [-0.4, -0.2) is 35.7 Å². The minimum Gasteiger partial charge on any atom is -0.484 e. The van der Waals surface area contributed by atoms with Gasteiger partial charge in [0.2, 0.25) is 5.91 Å². The Balaban J connectivity index is 1.29. The maximum absolute atomic E-state index is 13.5. The molecule has 170 valence electrons. The average Bonchev–Trinajstić information content (AvgIpc) is 2.70. The first kappa shape index (κ1) is 22.8. The van der Waals surface area contributed by atoms with Crippen LogP contribution < -0.4 is 15.4 Å². The van der Waals surface area contributed by atoms with Crippen LogP contribution in [0.1, 0.15) is 31.7 Å². The molecule has 2 aromatic carbocycles. The van der Waals surface area contributed by atoms with E-state index < -0.39 is 22.3 Å². The van der Waals surface area contributed by atoms with E-state index in [2.05, 4.69) is 10.6 Å². The zero-order valence-electron chi connectivity index (χ0n) is 17.4. The molecule has 0 spiro atoms. The van der Waals surface area contributed by atoms with Crippen LogP contribution in [0, 0.1) is 11.2 Å². The molecular formula is C23H23Cl2FN2O4. The standard InChI is InChI=1S/C23H23Cl2FN2O4/c1-21(13-29,14-2-4-15(24)5-3-14)28-20(31)22-10-23(11-22,12-22)27-19(30)9-32-16-6-7-17(25)18(26)8-16/h2-8,29H,9-13H2,1H3,(H,27,30)(H,28,31)/t21-,22?,23?/m1/s1. The summed E-state index contributed by atoms with van der Waals surface area (Å²) in [5, 5.41) is 16.4. The summed E-state index contributed by atoms with van der Waals surface area (Å²) < 4.78 is 18.8. The van der Waals surface area contributed by atoms with E-state index in [1.807, 2.05) is 0 Å². The molecule has 0 radical (unpaired) electrons. The maximum Gasteiger partial charge on any atom is 0.258 e. The molecule has 6 nitrogen and oxygen atoms in total. The van der Waals surface area contributed by atoms with Crippen LogP contribution in [-0.2, 0) is 15.1 Å². The van der Waals surface area contributed by atoms with E-state index in [1.54, 1.807) is 31.2 Å². The number of carbonyl (C=O) groups excluding carboxylic acids is 2. The lowest BCUT2D eigenvalue weighted by Gasteiger charge is -2.69. The van der Waals surface area contributed by atoms with Gasteiger partial charge in [0, 0.05) is 16.6 Å². The van der Waals surface area contributed by atoms with Crippen LogP contribution in [0.25, 0.3) is 0 Å². The van der Waals surface area contributed by atoms with Crippen LogP contribution in [0.15, 0.2) is 42.5 Å². The third-order valence-corrected chi connectivity index (χ3v) is 6.92. The van der Waals surface area contributed by atoms with Crippen molar-refractivity contribution >= 4 is 35.0 Å². The highest BCUT2D eigenvalue weighted by Gasteiger charge is 2.72. The fourth-order valence-corrected chi connectivity index (χ4v) is 4.86. The fraction of sp³-hybridized carbons (Fsp3) is 0.391. The highest BCUT2D eigenvalue weighted by atomic mass is 35.5. The van der Waals surface area contributed by atoms with Crippen molar-refractivity contribution < 1.29 is 23.8 Å². The van der Waals surface area contributed by atoms with Crippen molar-refractivity contribution in [1.29, 1.82) is 0 Å².